The Kier molecular flexibility index (Phi) is 12.0. The predicted molar refractivity (Wildman–Crippen MR) is 205 cm³/mol. The highest BCUT2D eigenvalue weighted by atomic mass is 28.3. The van der Waals surface area contributed by atoms with Crippen molar-refractivity contribution in [1.29, 1.82) is 0 Å². The molecule has 3 atom stereocenters. The summed E-state index contributed by atoms with van der Waals surface area (Å²) in [5.74, 6) is 0.480. The van der Waals surface area contributed by atoms with Crippen molar-refractivity contribution < 1.29 is 28.5 Å². The molecule has 0 spiro atoms. The zero-order chi connectivity index (χ0) is 37.1. The number of carbonyl (C=O) groups excluding carboxylic acids is 2. The Balaban J connectivity index is 1.52. The van der Waals surface area contributed by atoms with E-state index in [1.807, 2.05) is 36.3 Å². The first-order valence-electron chi connectivity index (χ1n) is 18.3. The van der Waals surface area contributed by atoms with Crippen molar-refractivity contribution in [1.82, 2.24) is 24.5 Å². The van der Waals surface area contributed by atoms with E-state index in [9.17, 15) is 9.59 Å². The van der Waals surface area contributed by atoms with Crippen LogP contribution in [-0.2, 0) is 18.9 Å². The van der Waals surface area contributed by atoms with Gasteiger partial charge in [-0.05, 0) is 64.6 Å². The second-order valence-electron chi connectivity index (χ2n) is 17.4. The average molecular weight is 739 g/mol. The molecular weight excluding hydrogens is 681 g/mol. The summed E-state index contributed by atoms with van der Waals surface area (Å²) in [6.45, 7) is 21.9. The second-order valence-corrected chi connectivity index (χ2v) is 28.7. The van der Waals surface area contributed by atoms with Crippen molar-refractivity contribution in [3.63, 3.8) is 0 Å². The number of aromatic nitrogens is 4. The number of piperidine rings is 1. The molecule has 2 bridgehead atoms. The third-order valence-electron chi connectivity index (χ3n) is 9.51. The van der Waals surface area contributed by atoms with E-state index in [0.717, 1.165) is 60.4 Å². The molecule has 14 heteroatoms. The lowest BCUT2D eigenvalue weighted by molar-refractivity contribution is 0.00567. The van der Waals surface area contributed by atoms with Crippen LogP contribution in [0.25, 0.3) is 16.8 Å². The van der Waals surface area contributed by atoms with Crippen molar-refractivity contribution in [3.8, 4) is 11.1 Å². The minimum Gasteiger partial charge on any atom is -0.464 e. The summed E-state index contributed by atoms with van der Waals surface area (Å²) >= 11 is 0. The Morgan fingerprint density at radius 2 is 1.53 bits per heavy atom. The molecule has 0 saturated carbocycles. The summed E-state index contributed by atoms with van der Waals surface area (Å²) < 4.78 is 25.2. The summed E-state index contributed by atoms with van der Waals surface area (Å²) in [5.41, 5.74) is 2.92. The smallest absolute Gasteiger partial charge is 0.410 e. The van der Waals surface area contributed by atoms with Crippen LogP contribution in [0.3, 0.4) is 0 Å². The van der Waals surface area contributed by atoms with Crippen LogP contribution in [0, 0.1) is 0 Å². The summed E-state index contributed by atoms with van der Waals surface area (Å²) in [4.78, 5) is 39.1. The molecule has 0 radical (unpaired) electrons. The third-order valence-corrected chi connectivity index (χ3v) is 12.9. The lowest BCUT2D eigenvalue weighted by Crippen LogP contribution is -2.48. The van der Waals surface area contributed by atoms with Gasteiger partial charge in [0.2, 0.25) is 0 Å². The topological polar surface area (TPSA) is 121 Å². The average Bonchev–Trinajstić information content (AvgIpc) is 3.59. The Labute approximate surface area is 305 Å². The minimum absolute atomic E-state index is 0.0930. The minimum atomic E-state index is -1.29. The highest BCUT2D eigenvalue weighted by Gasteiger charge is 2.45. The zero-order valence-electron chi connectivity index (χ0n) is 32.3. The van der Waals surface area contributed by atoms with Crippen molar-refractivity contribution in [2.75, 3.05) is 38.7 Å². The molecule has 51 heavy (non-hydrogen) atoms. The molecule has 1 amide bonds. The van der Waals surface area contributed by atoms with E-state index in [1.165, 1.54) is 7.11 Å². The Morgan fingerprint density at radius 1 is 0.922 bits per heavy atom. The number of hydrogen-bond acceptors (Lipinski definition) is 10. The fourth-order valence-corrected chi connectivity index (χ4v) is 8.20. The standard InChI is InChI=1S/C37H58N6O6Si2/c1-37(2,3)49-36(45)42-28-12-13-29(42)20-27(19-28)32-21-33(41(24-47-15-17-50(5,6)7)25-48-16-18-51(8,9)10)43-34(40-32)30(23-39-43)26-11-14-31(38-22-26)35(44)46-4/h11,14,21-23,27-29H,12-13,15-20,24-25H2,1-10H3/t27-,28-,29+. The number of hydrogen-bond donors (Lipinski definition) is 0. The van der Waals surface area contributed by atoms with Crippen molar-refractivity contribution in [2.24, 2.45) is 0 Å². The highest BCUT2D eigenvalue weighted by Crippen LogP contribution is 2.44. The van der Waals surface area contributed by atoms with Gasteiger partial charge in [-0.3, -0.25) is 0 Å². The Hall–Kier alpha value is -3.34. The number of pyridine rings is 1. The number of esters is 1. The van der Waals surface area contributed by atoms with Gasteiger partial charge in [-0.2, -0.15) is 9.61 Å². The van der Waals surface area contributed by atoms with E-state index in [4.69, 9.17) is 29.0 Å². The highest BCUT2D eigenvalue weighted by molar-refractivity contribution is 6.76. The van der Waals surface area contributed by atoms with E-state index in [1.54, 1.807) is 18.5 Å². The van der Waals surface area contributed by atoms with Crippen LogP contribution in [-0.4, -0.2) is 104 Å². The predicted octanol–water partition coefficient (Wildman–Crippen LogP) is 7.65. The van der Waals surface area contributed by atoms with Crippen LogP contribution in [0.5, 0.6) is 0 Å². The molecule has 280 valence electrons. The zero-order valence-corrected chi connectivity index (χ0v) is 34.3. The maximum absolute atomic E-state index is 13.3. The summed E-state index contributed by atoms with van der Waals surface area (Å²) in [5, 5.41) is 4.85. The maximum atomic E-state index is 13.3. The van der Waals surface area contributed by atoms with Crippen molar-refractivity contribution in [2.45, 2.75) is 121 Å². The number of carbonyl (C=O) groups is 2. The van der Waals surface area contributed by atoms with Gasteiger partial charge in [0.05, 0.1) is 13.3 Å². The van der Waals surface area contributed by atoms with Gasteiger partial charge < -0.3 is 28.7 Å². The van der Waals surface area contributed by atoms with Gasteiger partial charge in [-0.1, -0.05) is 45.3 Å². The quantitative estimate of drug-likeness (QED) is 0.0706. The number of ether oxygens (including phenoxy) is 4. The van der Waals surface area contributed by atoms with Crippen LogP contribution >= 0.6 is 0 Å². The van der Waals surface area contributed by atoms with Crippen LogP contribution in [0.1, 0.15) is 68.6 Å². The first-order chi connectivity index (χ1) is 23.9. The van der Waals surface area contributed by atoms with Gasteiger partial charge >= 0.3 is 12.1 Å². The molecule has 2 aliphatic heterocycles. The Bertz CT molecular complexity index is 1630. The van der Waals surface area contributed by atoms with E-state index in [0.29, 0.717) is 32.3 Å². The summed E-state index contributed by atoms with van der Waals surface area (Å²) in [7, 11) is -1.23. The maximum Gasteiger partial charge on any atom is 0.410 e. The Morgan fingerprint density at radius 3 is 2.04 bits per heavy atom. The molecule has 12 nitrogen and oxygen atoms in total. The number of rotatable bonds is 14. The monoisotopic (exact) mass is 738 g/mol. The largest absolute Gasteiger partial charge is 0.464 e. The molecule has 5 rings (SSSR count). The van der Waals surface area contributed by atoms with E-state index < -0.39 is 27.7 Å². The van der Waals surface area contributed by atoms with Crippen LogP contribution < -0.4 is 4.90 Å². The number of nitrogens with zero attached hydrogens (tertiary/aromatic N) is 6. The van der Waals surface area contributed by atoms with E-state index in [-0.39, 0.29) is 29.8 Å². The van der Waals surface area contributed by atoms with Crippen molar-refractivity contribution in [3.05, 3.63) is 42.0 Å². The van der Waals surface area contributed by atoms with Gasteiger partial charge in [-0.15, -0.1) is 0 Å². The molecule has 0 N–H and O–H groups in total. The molecular formula is C37H58N6O6Si2. The first-order valence-corrected chi connectivity index (χ1v) is 25.7. The van der Waals surface area contributed by atoms with Gasteiger partial charge in [0.1, 0.15) is 30.6 Å². The summed E-state index contributed by atoms with van der Waals surface area (Å²) in [6, 6.07) is 7.96. The van der Waals surface area contributed by atoms with Gasteiger partial charge in [0, 0.05) is 76.4 Å². The number of fused-ring (bicyclic) bond motifs is 3. The molecule has 2 saturated heterocycles. The normalized spacial score (nSPS) is 19.4. The molecule has 0 aliphatic carbocycles. The number of anilines is 1. The third kappa shape index (κ3) is 10.2. The second kappa shape index (κ2) is 15.7. The van der Waals surface area contributed by atoms with Crippen LogP contribution in [0.2, 0.25) is 51.4 Å². The molecule has 2 aliphatic rings. The van der Waals surface area contributed by atoms with Gasteiger partial charge in [-0.25, -0.2) is 19.6 Å². The van der Waals surface area contributed by atoms with E-state index >= 15 is 0 Å². The molecule has 2 fully saturated rings. The summed E-state index contributed by atoms with van der Waals surface area (Å²) in [6.07, 6.45) is 6.74. The molecule has 3 aromatic rings. The molecule has 0 aromatic carbocycles. The molecule has 3 aromatic heterocycles. The SMILES string of the molecule is COC(=O)c1ccc(-c2cnn3c(N(COCC[Si](C)(C)C)COCC[Si](C)(C)C)cc([C@@H]4C[C@H]5CC[C@@H](C4)N5C(=O)OC(C)(C)C)nc23)cn1. The first kappa shape index (κ1) is 38.9. The fraction of sp³-hybridized carbons (Fsp3) is 0.649. The number of methoxy groups -OCH3 is 1. The van der Waals surface area contributed by atoms with Crippen LogP contribution in [0.15, 0.2) is 30.6 Å². The van der Waals surface area contributed by atoms with Gasteiger partial charge in [0.25, 0.3) is 0 Å². The molecule has 5 heterocycles. The lowest BCUT2D eigenvalue weighted by atomic mass is 9.88. The molecule has 0 unspecified atom stereocenters. The fourth-order valence-electron chi connectivity index (χ4n) is 6.69. The van der Waals surface area contributed by atoms with Gasteiger partial charge in [0.15, 0.2) is 5.65 Å². The van der Waals surface area contributed by atoms with Crippen molar-refractivity contribution >= 4 is 39.7 Å². The number of amides is 1. The van der Waals surface area contributed by atoms with E-state index in [2.05, 4.69) is 55.2 Å². The lowest BCUT2D eigenvalue weighted by Gasteiger charge is -2.39. The van der Waals surface area contributed by atoms with Crippen LogP contribution in [0.4, 0.5) is 10.6 Å².